The van der Waals surface area contributed by atoms with Gasteiger partial charge in [0, 0.05) is 18.1 Å². The maximum absolute atomic E-state index is 13.2. The lowest BCUT2D eigenvalue weighted by Gasteiger charge is -2.31. The van der Waals surface area contributed by atoms with Crippen LogP contribution in [-0.2, 0) is 22.6 Å². The van der Waals surface area contributed by atoms with Crippen LogP contribution in [0.3, 0.4) is 0 Å². The number of hydrogen-bond acceptors (Lipinski definition) is 3. The summed E-state index contributed by atoms with van der Waals surface area (Å²) in [4.78, 5) is 27.8. The Balaban J connectivity index is 2.22. The Morgan fingerprint density at radius 1 is 1.03 bits per heavy atom. The predicted octanol–water partition coefficient (Wildman–Crippen LogP) is 4.61. The van der Waals surface area contributed by atoms with E-state index < -0.39 is 6.04 Å². The van der Waals surface area contributed by atoms with Crippen LogP contribution in [0.2, 0.25) is 5.02 Å². The highest BCUT2D eigenvalue weighted by Crippen LogP contribution is 2.18. The molecule has 0 aliphatic rings. The molecule has 0 radical (unpaired) electrons. The third-order valence-electron chi connectivity index (χ3n) is 5.00. The zero-order chi connectivity index (χ0) is 21.9. The molecule has 2 aromatic rings. The highest BCUT2D eigenvalue weighted by Gasteiger charge is 2.28. The van der Waals surface area contributed by atoms with E-state index in [1.54, 1.807) is 24.1 Å². The number of carbonyl (C=O) groups is 2. The first-order valence-electron chi connectivity index (χ1n) is 10.4. The Bertz CT molecular complexity index is 806. The van der Waals surface area contributed by atoms with Gasteiger partial charge in [0.05, 0.1) is 13.5 Å². The Morgan fingerprint density at radius 2 is 1.67 bits per heavy atom. The maximum atomic E-state index is 13.2. The minimum absolute atomic E-state index is 0.0920. The molecule has 0 unspecified atom stereocenters. The Kier molecular flexibility index (Phi) is 9.68. The summed E-state index contributed by atoms with van der Waals surface area (Å²) in [5, 5.41) is 3.60. The second-order valence-corrected chi connectivity index (χ2v) is 7.68. The van der Waals surface area contributed by atoms with Crippen molar-refractivity contribution >= 4 is 23.4 Å². The van der Waals surface area contributed by atoms with Gasteiger partial charge in [-0.2, -0.15) is 0 Å². The zero-order valence-electron chi connectivity index (χ0n) is 18.0. The van der Waals surface area contributed by atoms with Gasteiger partial charge in [-0.25, -0.2) is 0 Å². The van der Waals surface area contributed by atoms with Gasteiger partial charge in [0.15, 0.2) is 0 Å². The number of ether oxygens (including phenoxy) is 1. The van der Waals surface area contributed by atoms with Crippen molar-refractivity contribution in [3.8, 4) is 5.75 Å². The molecule has 0 aliphatic heterocycles. The molecule has 0 saturated carbocycles. The van der Waals surface area contributed by atoms with Crippen molar-refractivity contribution in [1.82, 2.24) is 10.2 Å². The first-order chi connectivity index (χ1) is 14.5. The number of halogens is 1. The third-order valence-corrected chi connectivity index (χ3v) is 5.25. The van der Waals surface area contributed by atoms with Gasteiger partial charge in [0.25, 0.3) is 0 Å². The Hall–Kier alpha value is -2.53. The summed E-state index contributed by atoms with van der Waals surface area (Å²) in [7, 11) is 1.62. The lowest BCUT2D eigenvalue weighted by atomic mass is 10.1. The molecule has 0 aliphatic carbocycles. The minimum atomic E-state index is -0.524. The summed E-state index contributed by atoms with van der Waals surface area (Å²) in [5.41, 5.74) is 1.81. The molecule has 0 bridgehead atoms. The second-order valence-electron chi connectivity index (χ2n) is 7.24. The molecule has 30 heavy (non-hydrogen) atoms. The number of methoxy groups -OCH3 is 1. The molecule has 0 spiro atoms. The first-order valence-corrected chi connectivity index (χ1v) is 10.8. The second kappa shape index (κ2) is 12.2. The summed E-state index contributed by atoms with van der Waals surface area (Å²) in [6.07, 6.45) is 2.67. The van der Waals surface area contributed by atoms with Crippen LogP contribution >= 0.6 is 11.6 Å². The van der Waals surface area contributed by atoms with Gasteiger partial charge < -0.3 is 15.0 Å². The third kappa shape index (κ3) is 7.06. The minimum Gasteiger partial charge on any atom is -0.497 e. The van der Waals surface area contributed by atoms with Crippen molar-refractivity contribution in [3.05, 3.63) is 64.7 Å². The molecule has 1 atom stereocenters. The van der Waals surface area contributed by atoms with Gasteiger partial charge in [-0.05, 0) is 48.2 Å². The van der Waals surface area contributed by atoms with Crippen LogP contribution in [0.15, 0.2) is 48.5 Å². The molecule has 2 rings (SSSR count). The molecule has 162 valence electrons. The molecular weight excluding hydrogens is 400 g/mol. The largest absolute Gasteiger partial charge is 0.497 e. The van der Waals surface area contributed by atoms with Crippen LogP contribution in [-0.4, -0.2) is 36.4 Å². The fraction of sp³-hybridized carbons (Fsp3) is 0.417. The monoisotopic (exact) mass is 430 g/mol. The fourth-order valence-electron chi connectivity index (χ4n) is 3.23. The van der Waals surface area contributed by atoms with Crippen molar-refractivity contribution in [3.63, 3.8) is 0 Å². The molecule has 2 aromatic carbocycles. The van der Waals surface area contributed by atoms with E-state index in [0.717, 1.165) is 29.7 Å². The van der Waals surface area contributed by atoms with Gasteiger partial charge in [0.2, 0.25) is 11.8 Å². The average molecular weight is 431 g/mol. The lowest BCUT2D eigenvalue weighted by molar-refractivity contribution is -0.140. The Labute approximate surface area is 184 Å². The number of benzene rings is 2. The average Bonchev–Trinajstić information content (AvgIpc) is 2.75. The number of rotatable bonds is 11. The van der Waals surface area contributed by atoms with E-state index in [1.807, 2.05) is 43.3 Å². The SMILES string of the molecule is CCCCNC(=O)[C@@H](CC)N(Cc1ccc(OC)cc1)C(=O)Cc1ccc(Cl)cc1. The van der Waals surface area contributed by atoms with Gasteiger partial charge >= 0.3 is 0 Å². The summed E-state index contributed by atoms with van der Waals surface area (Å²) in [6, 6.07) is 14.3. The number of hydrogen-bond donors (Lipinski definition) is 1. The van der Waals surface area contributed by atoms with Crippen LogP contribution in [0, 0.1) is 0 Å². The molecule has 1 N–H and O–H groups in total. The standard InChI is InChI=1S/C24H31ClN2O3/c1-4-6-15-26-24(29)22(5-2)27(17-19-9-13-21(30-3)14-10-19)23(28)16-18-7-11-20(25)12-8-18/h7-14,22H,4-6,15-17H2,1-3H3,(H,26,29)/t22-/m1/s1. The number of amides is 2. The molecule has 0 fully saturated rings. The van der Waals surface area contributed by atoms with E-state index in [1.165, 1.54) is 0 Å². The molecule has 5 nitrogen and oxygen atoms in total. The van der Waals surface area contributed by atoms with Gasteiger partial charge in [-0.3, -0.25) is 9.59 Å². The molecule has 0 aromatic heterocycles. The van der Waals surface area contributed by atoms with Crippen molar-refractivity contribution < 1.29 is 14.3 Å². The van der Waals surface area contributed by atoms with Crippen molar-refractivity contribution in [2.45, 2.75) is 52.1 Å². The topological polar surface area (TPSA) is 58.6 Å². The van der Waals surface area contributed by atoms with Crippen LogP contribution in [0.25, 0.3) is 0 Å². The van der Waals surface area contributed by atoms with Gasteiger partial charge in [0.1, 0.15) is 11.8 Å². The lowest BCUT2D eigenvalue weighted by Crippen LogP contribution is -2.49. The smallest absolute Gasteiger partial charge is 0.242 e. The van der Waals surface area contributed by atoms with E-state index in [4.69, 9.17) is 16.3 Å². The van der Waals surface area contributed by atoms with Crippen molar-refractivity contribution in [2.75, 3.05) is 13.7 Å². The van der Waals surface area contributed by atoms with E-state index in [9.17, 15) is 9.59 Å². The normalized spacial score (nSPS) is 11.6. The van der Waals surface area contributed by atoms with Crippen molar-refractivity contribution in [2.24, 2.45) is 0 Å². The highest BCUT2D eigenvalue weighted by atomic mass is 35.5. The van der Waals surface area contributed by atoms with Gasteiger partial charge in [-0.15, -0.1) is 0 Å². The van der Waals surface area contributed by atoms with E-state index in [2.05, 4.69) is 12.2 Å². The van der Waals surface area contributed by atoms with E-state index in [0.29, 0.717) is 24.5 Å². The summed E-state index contributed by atoms with van der Waals surface area (Å²) in [5.74, 6) is 0.552. The van der Waals surface area contributed by atoms with E-state index >= 15 is 0 Å². The molecule has 6 heteroatoms. The quantitative estimate of drug-likeness (QED) is 0.529. The van der Waals surface area contributed by atoms with Crippen LogP contribution in [0.4, 0.5) is 0 Å². The maximum Gasteiger partial charge on any atom is 0.242 e. The molecule has 0 heterocycles. The first kappa shape index (κ1) is 23.7. The highest BCUT2D eigenvalue weighted by molar-refractivity contribution is 6.30. The number of nitrogens with zero attached hydrogens (tertiary/aromatic N) is 1. The summed E-state index contributed by atoms with van der Waals surface area (Å²) < 4.78 is 5.22. The number of carbonyl (C=O) groups excluding carboxylic acids is 2. The van der Waals surface area contributed by atoms with Crippen LogP contribution in [0.1, 0.15) is 44.2 Å². The predicted molar refractivity (Wildman–Crippen MR) is 121 cm³/mol. The van der Waals surface area contributed by atoms with Crippen LogP contribution in [0.5, 0.6) is 5.75 Å². The Morgan fingerprint density at radius 3 is 2.23 bits per heavy atom. The van der Waals surface area contributed by atoms with Crippen molar-refractivity contribution in [1.29, 1.82) is 0 Å². The summed E-state index contributed by atoms with van der Waals surface area (Å²) >= 11 is 5.96. The van der Waals surface area contributed by atoms with Gasteiger partial charge in [-0.1, -0.05) is 56.1 Å². The van der Waals surface area contributed by atoms with Crippen LogP contribution < -0.4 is 10.1 Å². The molecule has 2 amide bonds. The van der Waals surface area contributed by atoms with E-state index in [-0.39, 0.29) is 18.2 Å². The fourth-order valence-corrected chi connectivity index (χ4v) is 3.36. The zero-order valence-corrected chi connectivity index (χ0v) is 18.7. The number of unbranched alkanes of at least 4 members (excludes halogenated alkanes) is 1. The summed E-state index contributed by atoms with van der Waals surface area (Å²) in [6.45, 7) is 4.99. The molecular formula is C24H31ClN2O3. The number of nitrogens with one attached hydrogen (secondary N) is 1. The molecule has 0 saturated heterocycles.